The molecule has 0 aliphatic carbocycles. The molecule has 4 aromatic rings. The number of imidazole rings is 1. The van der Waals surface area contributed by atoms with E-state index in [4.69, 9.17) is 0 Å². The van der Waals surface area contributed by atoms with Gasteiger partial charge in [-0.3, -0.25) is 0 Å². The minimum Gasteiger partial charge on any atom is -0.507 e. The number of fused-ring (bicyclic) bond motifs is 1. The van der Waals surface area contributed by atoms with Crippen molar-refractivity contribution in [2.24, 2.45) is 7.05 Å². The molecule has 132 valence electrons. The first kappa shape index (κ1) is 16.5. The van der Waals surface area contributed by atoms with Crippen molar-refractivity contribution in [3.63, 3.8) is 0 Å². The SMILES string of the molecule is C[n+]1ccn(CCCn2ccc3c(O)c(Cc4ccccc4)ccc32)c1. The van der Waals surface area contributed by atoms with E-state index in [2.05, 4.69) is 56.8 Å². The van der Waals surface area contributed by atoms with E-state index in [1.165, 1.54) is 5.56 Å². The van der Waals surface area contributed by atoms with Crippen molar-refractivity contribution in [3.8, 4) is 5.75 Å². The Hall–Kier alpha value is -3.01. The number of phenolic OH excluding ortho intramolecular Hbond substituents is 1. The maximum atomic E-state index is 10.7. The number of rotatable bonds is 6. The van der Waals surface area contributed by atoms with Crippen molar-refractivity contribution in [2.75, 3.05) is 0 Å². The minimum absolute atomic E-state index is 0.405. The van der Waals surface area contributed by atoms with Gasteiger partial charge in [-0.05, 0) is 23.3 Å². The molecular weight excluding hydrogens is 322 g/mol. The van der Waals surface area contributed by atoms with Crippen molar-refractivity contribution in [1.82, 2.24) is 9.13 Å². The summed E-state index contributed by atoms with van der Waals surface area (Å²) in [6, 6.07) is 16.5. The Morgan fingerprint density at radius 2 is 1.81 bits per heavy atom. The summed E-state index contributed by atoms with van der Waals surface area (Å²) in [5.41, 5.74) is 3.28. The molecule has 0 saturated heterocycles. The van der Waals surface area contributed by atoms with Crippen LogP contribution in [0.15, 0.2) is 73.4 Å². The molecule has 2 heterocycles. The predicted octanol–water partition coefficient (Wildman–Crippen LogP) is 3.65. The Kier molecular flexibility index (Phi) is 4.48. The second kappa shape index (κ2) is 7.08. The van der Waals surface area contributed by atoms with E-state index in [0.717, 1.165) is 42.4 Å². The van der Waals surface area contributed by atoms with Gasteiger partial charge in [0.2, 0.25) is 6.33 Å². The van der Waals surface area contributed by atoms with E-state index in [0.29, 0.717) is 5.75 Å². The maximum Gasteiger partial charge on any atom is 0.243 e. The fourth-order valence-electron chi connectivity index (χ4n) is 3.51. The first-order valence-electron chi connectivity index (χ1n) is 9.05. The van der Waals surface area contributed by atoms with Crippen molar-refractivity contribution in [3.05, 3.63) is 84.6 Å². The molecular formula is C22H24N3O+. The van der Waals surface area contributed by atoms with Gasteiger partial charge >= 0.3 is 0 Å². The highest BCUT2D eigenvalue weighted by molar-refractivity contribution is 5.87. The first-order chi connectivity index (χ1) is 12.7. The highest BCUT2D eigenvalue weighted by Crippen LogP contribution is 2.31. The molecule has 4 rings (SSSR count). The lowest BCUT2D eigenvalue weighted by atomic mass is 10.0. The van der Waals surface area contributed by atoms with Crippen LogP contribution in [0.1, 0.15) is 17.5 Å². The summed E-state index contributed by atoms with van der Waals surface area (Å²) in [6.45, 7) is 1.92. The molecule has 0 aliphatic rings. The number of nitrogens with zero attached hydrogens (tertiary/aromatic N) is 3. The van der Waals surface area contributed by atoms with E-state index >= 15 is 0 Å². The molecule has 0 unspecified atom stereocenters. The Bertz CT molecular complexity index is 1010. The summed E-state index contributed by atoms with van der Waals surface area (Å²) < 4.78 is 6.48. The first-order valence-corrected chi connectivity index (χ1v) is 9.05. The van der Waals surface area contributed by atoms with E-state index in [-0.39, 0.29) is 0 Å². The largest absolute Gasteiger partial charge is 0.507 e. The van der Waals surface area contributed by atoms with Crippen LogP contribution in [0.4, 0.5) is 0 Å². The van der Waals surface area contributed by atoms with E-state index in [1.807, 2.05) is 37.4 Å². The molecule has 0 amide bonds. The molecule has 4 nitrogen and oxygen atoms in total. The van der Waals surface area contributed by atoms with Gasteiger partial charge in [-0.25, -0.2) is 9.13 Å². The van der Waals surface area contributed by atoms with Crippen molar-refractivity contribution in [1.29, 1.82) is 0 Å². The second-order valence-corrected chi connectivity index (χ2v) is 6.85. The number of hydrogen-bond acceptors (Lipinski definition) is 1. The third-order valence-electron chi connectivity index (χ3n) is 4.88. The molecule has 0 aliphatic heterocycles. The molecule has 4 heteroatoms. The molecule has 0 radical (unpaired) electrons. The van der Waals surface area contributed by atoms with Gasteiger partial charge in [-0.1, -0.05) is 36.4 Å². The highest BCUT2D eigenvalue weighted by Gasteiger charge is 2.11. The van der Waals surface area contributed by atoms with Gasteiger partial charge in [-0.15, -0.1) is 0 Å². The van der Waals surface area contributed by atoms with Crippen molar-refractivity contribution >= 4 is 10.9 Å². The average Bonchev–Trinajstić information content (AvgIpc) is 3.25. The van der Waals surface area contributed by atoms with Crippen LogP contribution < -0.4 is 4.57 Å². The number of hydrogen-bond donors (Lipinski definition) is 1. The number of phenols is 1. The number of aromatic nitrogens is 3. The fourth-order valence-corrected chi connectivity index (χ4v) is 3.51. The van der Waals surface area contributed by atoms with Gasteiger partial charge in [0.05, 0.1) is 19.1 Å². The Balaban J connectivity index is 1.50. The molecule has 0 atom stereocenters. The van der Waals surface area contributed by atoms with Crippen LogP contribution in [0.25, 0.3) is 10.9 Å². The lowest BCUT2D eigenvalue weighted by Crippen LogP contribution is -2.23. The van der Waals surface area contributed by atoms with Crippen LogP contribution in [-0.2, 0) is 26.6 Å². The zero-order valence-corrected chi connectivity index (χ0v) is 15.0. The van der Waals surface area contributed by atoms with Crippen LogP contribution in [0.2, 0.25) is 0 Å². The smallest absolute Gasteiger partial charge is 0.243 e. The summed E-state index contributed by atoms with van der Waals surface area (Å²) in [6.07, 6.45) is 10.1. The standard InChI is InChI=1S/C22H23N3O/c1-23-14-15-24(17-23)11-5-12-25-13-10-20-21(25)9-8-19(22(20)26)16-18-6-3-2-4-7-18/h2-4,6-10,13-15,17H,5,11-12,16H2,1H3/p+1. The van der Waals surface area contributed by atoms with E-state index in [9.17, 15) is 5.11 Å². The molecule has 0 saturated carbocycles. The van der Waals surface area contributed by atoms with Gasteiger partial charge in [0.25, 0.3) is 0 Å². The molecule has 0 fully saturated rings. The number of benzene rings is 2. The van der Waals surface area contributed by atoms with Gasteiger partial charge < -0.3 is 9.67 Å². The molecule has 0 bridgehead atoms. The van der Waals surface area contributed by atoms with Crippen molar-refractivity contribution in [2.45, 2.75) is 25.9 Å². The molecule has 1 N–H and O–H groups in total. The summed E-state index contributed by atoms with van der Waals surface area (Å²) in [7, 11) is 2.03. The van der Waals surface area contributed by atoms with Crippen LogP contribution >= 0.6 is 0 Å². The van der Waals surface area contributed by atoms with Gasteiger partial charge in [0, 0.05) is 31.0 Å². The zero-order chi connectivity index (χ0) is 17.9. The van der Waals surface area contributed by atoms with Gasteiger partial charge in [0.1, 0.15) is 18.1 Å². The van der Waals surface area contributed by atoms with Gasteiger partial charge in [-0.2, -0.15) is 0 Å². The normalized spacial score (nSPS) is 11.3. The predicted molar refractivity (Wildman–Crippen MR) is 103 cm³/mol. The number of aromatic hydroxyl groups is 1. The second-order valence-electron chi connectivity index (χ2n) is 6.85. The minimum atomic E-state index is 0.405. The van der Waals surface area contributed by atoms with Crippen LogP contribution in [0.3, 0.4) is 0 Å². The van der Waals surface area contributed by atoms with E-state index < -0.39 is 0 Å². The third-order valence-corrected chi connectivity index (χ3v) is 4.88. The summed E-state index contributed by atoms with van der Waals surface area (Å²) >= 11 is 0. The summed E-state index contributed by atoms with van der Waals surface area (Å²) in [5.74, 6) is 0.405. The average molecular weight is 346 g/mol. The van der Waals surface area contributed by atoms with Crippen LogP contribution in [-0.4, -0.2) is 14.2 Å². The molecule has 2 aromatic heterocycles. The third kappa shape index (κ3) is 3.36. The quantitative estimate of drug-likeness (QED) is 0.531. The lowest BCUT2D eigenvalue weighted by Gasteiger charge is -2.09. The zero-order valence-electron chi connectivity index (χ0n) is 15.0. The van der Waals surface area contributed by atoms with E-state index in [1.54, 1.807) is 0 Å². The molecule has 26 heavy (non-hydrogen) atoms. The highest BCUT2D eigenvalue weighted by atomic mass is 16.3. The topological polar surface area (TPSA) is 34.0 Å². The van der Waals surface area contributed by atoms with Crippen LogP contribution in [0.5, 0.6) is 5.75 Å². The Morgan fingerprint density at radius 1 is 0.962 bits per heavy atom. The van der Waals surface area contributed by atoms with Crippen molar-refractivity contribution < 1.29 is 9.67 Å². The number of aryl methyl sites for hydroxylation is 3. The van der Waals surface area contributed by atoms with Gasteiger partial charge in [0.15, 0.2) is 0 Å². The van der Waals surface area contributed by atoms with Crippen LogP contribution in [0, 0.1) is 0 Å². The maximum absolute atomic E-state index is 10.7. The summed E-state index contributed by atoms with van der Waals surface area (Å²) in [4.78, 5) is 0. The fraction of sp³-hybridized carbons (Fsp3) is 0.227. The monoisotopic (exact) mass is 346 g/mol. The Labute approximate surface area is 153 Å². The summed E-state index contributed by atoms with van der Waals surface area (Å²) in [5, 5.41) is 11.6. The molecule has 0 spiro atoms. The molecule has 2 aromatic carbocycles. The lowest BCUT2D eigenvalue weighted by molar-refractivity contribution is -0.671. The Morgan fingerprint density at radius 3 is 2.58 bits per heavy atom.